The highest BCUT2D eigenvalue weighted by Gasteiger charge is 2.03. The van der Waals surface area contributed by atoms with Gasteiger partial charge in [0.05, 0.1) is 0 Å². The van der Waals surface area contributed by atoms with Crippen LogP contribution in [0.2, 0.25) is 0 Å². The van der Waals surface area contributed by atoms with Crippen LogP contribution in [0.5, 0.6) is 0 Å². The third-order valence-corrected chi connectivity index (χ3v) is 3.08. The van der Waals surface area contributed by atoms with Crippen molar-refractivity contribution in [2.45, 2.75) is 12.8 Å². The molecule has 0 spiro atoms. The molecule has 0 saturated heterocycles. The molecule has 1 heterocycles. The van der Waals surface area contributed by atoms with Gasteiger partial charge in [0.15, 0.2) is 0 Å². The molecule has 0 fully saturated rings. The van der Waals surface area contributed by atoms with Crippen molar-refractivity contribution in [2.24, 2.45) is 0 Å². The predicted octanol–water partition coefficient (Wildman–Crippen LogP) is 2.69. The first-order valence-electron chi connectivity index (χ1n) is 4.21. The van der Waals surface area contributed by atoms with Gasteiger partial charge in [-0.2, -0.15) is 11.3 Å². The lowest BCUT2D eigenvalue weighted by atomic mass is 10.3. The van der Waals surface area contributed by atoms with Crippen molar-refractivity contribution in [3.05, 3.63) is 22.4 Å². The molecule has 0 aromatic carbocycles. The number of nitrogens with one attached hydrogen (secondary N) is 1. The molecule has 0 atom stereocenters. The molecule has 2 nitrogen and oxygen atoms in total. The quantitative estimate of drug-likeness (QED) is 0.506. The Morgan fingerprint density at radius 1 is 1.54 bits per heavy atom. The number of hydrogen-bond acceptors (Lipinski definition) is 2. The highest BCUT2D eigenvalue weighted by atomic mass is 127. The lowest BCUT2D eigenvalue weighted by Crippen LogP contribution is -2.23. The van der Waals surface area contributed by atoms with Gasteiger partial charge in [-0.25, -0.2) is 0 Å². The monoisotopic (exact) mass is 309 g/mol. The molecule has 0 saturated carbocycles. The Morgan fingerprint density at radius 3 is 3.00 bits per heavy atom. The van der Waals surface area contributed by atoms with Crippen molar-refractivity contribution in [1.82, 2.24) is 5.32 Å². The standard InChI is InChI=1S/C9H12INOS/c10-4-1-2-5-11-9(12)8-3-6-13-7-8/h3,6-7H,1-2,4-5H2,(H,11,12). The maximum absolute atomic E-state index is 11.4. The number of unbranched alkanes of at least 4 members (excludes halogenated alkanes) is 1. The average Bonchev–Trinajstić information content (AvgIpc) is 2.65. The summed E-state index contributed by atoms with van der Waals surface area (Å²) in [6, 6.07) is 1.85. The summed E-state index contributed by atoms with van der Waals surface area (Å²) < 4.78 is 1.16. The Balaban J connectivity index is 2.19. The van der Waals surface area contributed by atoms with Gasteiger partial charge in [0.1, 0.15) is 0 Å². The van der Waals surface area contributed by atoms with Crippen molar-refractivity contribution in [3.63, 3.8) is 0 Å². The number of alkyl halides is 1. The minimum Gasteiger partial charge on any atom is -0.352 e. The van der Waals surface area contributed by atoms with Gasteiger partial charge in [-0.1, -0.05) is 22.6 Å². The normalized spacial score (nSPS) is 9.92. The second-order valence-corrected chi connectivity index (χ2v) is 4.52. The van der Waals surface area contributed by atoms with Crippen LogP contribution in [0.15, 0.2) is 16.8 Å². The molecule has 72 valence electrons. The van der Waals surface area contributed by atoms with Crippen LogP contribution in [0.25, 0.3) is 0 Å². The van der Waals surface area contributed by atoms with Gasteiger partial charge < -0.3 is 5.32 Å². The fourth-order valence-corrected chi connectivity index (χ4v) is 2.09. The van der Waals surface area contributed by atoms with Crippen molar-refractivity contribution in [1.29, 1.82) is 0 Å². The summed E-state index contributed by atoms with van der Waals surface area (Å²) >= 11 is 3.89. The number of rotatable bonds is 5. The topological polar surface area (TPSA) is 29.1 Å². The number of carbonyl (C=O) groups is 1. The SMILES string of the molecule is O=C(NCCCCI)c1ccsc1. The molecule has 1 aromatic heterocycles. The zero-order valence-corrected chi connectivity index (χ0v) is 10.2. The summed E-state index contributed by atoms with van der Waals surface area (Å²) in [5, 5.41) is 6.67. The third-order valence-electron chi connectivity index (χ3n) is 1.63. The Labute approximate surface area is 95.9 Å². The van der Waals surface area contributed by atoms with Gasteiger partial charge >= 0.3 is 0 Å². The van der Waals surface area contributed by atoms with Crippen LogP contribution >= 0.6 is 33.9 Å². The predicted molar refractivity (Wildman–Crippen MR) is 64.8 cm³/mol. The van der Waals surface area contributed by atoms with E-state index in [9.17, 15) is 4.79 Å². The summed E-state index contributed by atoms with van der Waals surface area (Å²) in [4.78, 5) is 11.4. The van der Waals surface area contributed by atoms with Gasteiger partial charge in [-0.15, -0.1) is 0 Å². The first-order valence-corrected chi connectivity index (χ1v) is 6.68. The second kappa shape index (κ2) is 6.37. The maximum atomic E-state index is 11.4. The highest BCUT2D eigenvalue weighted by molar-refractivity contribution is 14.1. The number of halogens is 1. The second-order valence-electron chi connectivity index (χ2n) is 2.66. The van der Waals surface area contributed by atoms with Gasteiger partial charge in [-0.05, 0) is 28.7 Å². The molecular weight excluding hydrogens is 297 g/mol. The molecule has 1 N–H and O–H groups in total. The summed E-state index contributed by atoms with van der Waals surface area (Å²) in [7, 11) is 0. The van der Waals surface area contributed by atoms with Crippen molar-refractivity contribution < 1.29 is 4.79 Å². The zero-order chi connectivity index (χ0) is 9.52. The first kappa shape index (κ1) is 11.0. The average molecular weight is 309 g/mol. The summed E-state index contributed by atoms with van der Waals surface area (Å²) in [5.41, 5.74) is 0.777. The Kier molecular flexibility index (Phi) is 5.38. The van der Waals surface area contributed by atoms with Gasteiger partial charge in [0.2, 0.25) is 0 Å². The Morgan fingerprint density at radius 2 is 2.38 bits per heavy atom. The molecule has 0 aliphatic heterocycles. The molecule has 4 heteroatoms. The summed E-state index contributed by atoms with van der Waals surface area (Å²) in [6.07, 6.45) is 2.24. The molecular formula is C9H12INOS. The molecule has 0 unspecified atom stereocenters. The van der Waals surface area contributed by atoms with Crippen LogP contribution in [0, 0.1) is 0 Å². The van der Waals surface area contributed by atoms with E-state index in [2.05, 4.69) is 27.9 Å². The van der Waals surface area contributed by atoms with Crippen LogP contribution in [0.4, 0.5) is 0 Å². The molecule has 0 aliphatic rings. The lowest BCUT2D eigenvalue weighted by molar-refractivity contribution is 0.0953. The molecule has 1 amide bonds. The number of amides is 1. The highest BCUT2D eigenvalue weighted by Crippen LogP contribution is 2.05. The van der Waals surface area contributed by atoms with Gasteiger partial charge in [-0.3, -0.25) is 4.79 Å². The van der Waals surface area contributed by atoms with Gasteiger partial charge in [0.25, 0.3) is 5.91 Å². The van der Waals surface area contributed by atoms with E-state index >= 15 is 0 Å². The van der Waals surface area contributed by atoms with E-state index < -0.39 is 0 Å². The minimum atomic E-state index is 0.0507. The van der Waals surface area contributed by atoms with E-state index in [1.807, 2.05) is 16.8 Å². The molecule has 1 rings (SSSR count). The first-order chi connectivity index (χ1) is 6.34. The fraction of sp³-hybridized carbons (Fsp3) is 0.444. The molecule has 1 aromatic rings. The third kappa shape index (κ3) is 4.08. The molecule has 13 heavy (non-hydrogen) atoms. The number of carbonyl (C=O) groups excluding carboxylic acids is 1. The van der Waals surface area contributed by atoms with Crippen LogP contribution in [0.3, 0.4) is 0 Å². The Hall–Kier alpha value is -0.100. The lowest BCUT2D eigenvalue weighted by Gasteiger charge is -2.01. The van der Waals surface area contributed by atoms with Gasteiger partial charge in [0, 0.05) is 17.5 Å². The smallest absolute Gasteiger partial charge is 0.252 e. The number of hydrogen-bond donors (Lipinski definition) is 1. The van der Waals surface area contributed by atoms with Crippen LogP contribution in [-0.2, 0) is 0 Å². The minimum absolute atomic E-state index is 0.0507. The molecule has 0 aliphatic carbocycles. The van der Waals surface area contributed by atoms with Crippen LogP contribution < -0.4 is 5.32 Å². The van der Waals surface area contributed by atoms with E-state index in [4.69, 9.17) is 0 Å². The van der Waals surface area contributed by atoms with Crippen molar-refractivity contribution in [2.75, 3.05) is 11.0 Å². The van der Waals surface area contributed by atoms with Crippen LogP contribution in [0.1, 0.15) is 23.2 Å². The summed E-state index contributed by atoms with van der Waals surface area (Å²) in [5.74, 6) is 0.0507. The van der Waals surface area contributed by atoms with Crippen LogP contribution in [-0.4, -0.2) is 16.9 Å². The fourth-order valence-electron chi connectivity index (χ4n) is 0.917. The van der Waals surface area contributed by atoms with E-state index in [1.54, 1.807) is 11.3 Å². The molecule has 0 bridgehead atoms. The zero-order valence-electron chi connectivity index (χ0n) is 7.25. The number of thiophene rings is 1. The van der Waals surface area contributed by atoms with E-state index in [0.717, 1.165) is 23.0 Å². The van der Waals surface area contributed by atoms with Crippen molar-refractivity contribution in [3.8, 4) is 0 Å². The van der Waals surface area contributed by atoms with E-state index in [1.165, 1.54) is 6.42 Å². The largest absolute Gasteiger partial charge is 0.352 e. The van der Waals surface area contributed by atoms with E-state index in [0.29, 0.717) is 0 Å². The van der Waals surface area contributed by atoms with Crippen molar-refractivity contribution >= 4 is 39.8 Å². The summed E-state index contributed by atoms with van der Waals surface area (Å²) in [6.45, 7) is 0.789. The maximum Gasteiger partial charge on any atom is 0.252 e. The Bertz CT molecular complexity index is 248. The molecule has 0 radical (unpaired) electrons. The van der Waals surface area contributed by atoms with E-state index in [-0.39, 0.29) is 5.91 Å².